The molecule has 0 aliphatic heterocycles. The Hall–Kier alpha value is -1.11. The van der Waals surface area contributed by atoms with Gasteiger partial charge in [0.15, 0.2) is 0 Å². The molecule has 1 nitrogen and oxygen atoms in total. The maximum atomic E-state index is 12.6. The third-order valence-electron chi connectivity index (χ3n) is 5.47. The van der Waals surface area contributed by atoms with E-state index in [1.807, 2.05) is 6.07 Å². The van der Waals surface area contributed by atoms with Crippen molar-refractivity contribution in [3.8, 4) is 0 Å². The van der Waals surface area contributed by atoms with Crippen molar-refractivity contribution in [3.63, 3.8) is 0 Å². The van der Waals surface area contributed by atoms with Crippen molar-refractivity contribution in [3.05, 3.63) is 35.9 Å². The maximum absolute atomic E-state index is 12.6. The summed E-state index contributed by atoms with van der Waals surface area (Å²) in [7, 11) is 0. The van der Waals surface area contributed by atoms with E-state index in [1.165, 1.54) is 24.8 Å². The number of carbonyl (C=O) groups is 1. The lowest BCUT2D eigenvalue weighted by molar-refractivity contribution is -0.123. The predicted octanol–water partition coefficient (Wildman–Crippen LogP) is 3.41. The molecular formula is C16H18O. The van der Waals surface area contributed by atoms with Crippen LogP contribution in [0.25, 0.3) is 0 Å². The molecule has 5 atom stereocenters. The molecule has 3 aliphatic carbocycles. The van der Waals surface area contributed by atoms with E-state index in [9.17, 15) is 4.79 Å². The van der Waals surface area contributed by atoms with Crippen molar-refractivity contribution < 1.29 is 4.79 Å². The molecule has 17 heavy (non-hydrogen) atoms. The highest BCUT2D eigenvalue weighted by Gasteiger charge is 2.56. The van der Waals surface area contributed by atoms with E-state index >= 15 is 0 Å². The third kappa shape index (κ3) is 1.28. The van der Waals surface area contributed by atoms with Crippen molar-refractivity contribution in [1.82, 2.24) is 0 Å². The van der Waals surface area contributed by atoms with Crippen LogP contribution < -0.4 is 0 Å². The largest absolute Gasteiger partial charge is 0.299 e. The molecule has 3 saturated carbocycles. The number of hydrogen-bond acceptors (Lipinski definition) is 1. The Bertz CT molecular complexity index is 450. The van der Waals surface area contributed by atoms with Gasteiger partial charge in [0.1, 0.15) is 5.78 Å². The average molecular weight is 226 g/mol. The summed E-state index contributed by atoms with van der Waals surface area (Å²) < 4.78 is 0. The molecule has 2 bridgehead atoms. The average Bonchev–Trinajstić information content (AvgIpc) is 3.03. The Morgan fingerprint density at radius 1 is 0.941 bits per heavy atom. The molecule has 0 amide bonds. The zero-order valence-electron chi connectivity index (χ0n) is 10.0. The van der Waals surface area contributed by atoms with Crippen molar-refractivity contribution in [2.24, 2.45) is 23.7 Å². The molecule has 1 heteroatoms. The van der Waals surface area contributed by atoms with E-state index in [-0.39, 0.29) is 5.92 Å². The van der Waals surface area contributed by atoms with Crippen molar-refractivity contribution in [2.75, 3.05) is 0 Å². The van der Waals surface area contributed by atoms with Crippen LogP contribution in [-0.4, -0.2) is 5.78 Å². The standard InChI is InChI=1S/C16H18O/c17-16-14(10-4-2-1-3-5-10)9-13-11-6-7-12(8-11)15(13)16/h1-5,11-15H,6-9H2/t11-,12+,13?,14-,15?/m1/s1. The van der Waals surface area contributed by atoms with Crippen LogP contribution in [0.4, 0.5) is 0 Å². The summed E-state index contributed by atoms with van der Waals surface area (Å²) in [5.41, 5.74) is 1.26. The fourth-order valence-electron chi connectivity index (χ4n) is 4.80. The third-order valence-corrected chi connectivity index (χ3v) is 5.47. The first-order valence-corrected chi connectivity index (χ1v) is 6.93. The molecule has 88 valence electrons. The second-order valence-corrected chi connectivity index (χ2v) is 6.12. The molecule has 3 fully saturated rings. The first-order chi connectivity index (χ1) is 8.34. The van der Waals surface area contributed by atoms with Gasteiger partial charge in [0.25, 0.3) is 0 Å². The van der Waals surface area contributed by atoms with Crippen LogP contribution in [0.2, 0.25) is 0 Å². The van der Waals surface area contributed by atoms with Gasteiger partial charge in [0.2, 0.25) is 0 Å². The quantitative estimate of drug-likeness (QED) is 0.717. The number of carbonyl (C=O) groups excluding carboxylic acids is 1. The summed E-state index contributed by atoms with van der Waals surface area (Å²) >= 11 is 0. The lowest BCUT2D eigenvalue weighted by Gasteiger charge is -2.22. The Morgan fingerprint density at radius 3 is 2.47 bits per heavy atom. The van der Waals surface area contributed by atoms with Gasteiger partial charge < -0.3 is 0 Å². The molecule has 0 radical (unpaired) electrons. The highest BCUT2D eigenvalue weighted by molar-refractivity contribution is 5.91. The summed E-state index contributed by atoms with van der Waals surface area (Å²) in [6.45, 7) is 0. The topological polar surface area (TPSA) is 17.1 Å². The summed E-state index contributed by atoms with van der Waals surface area (Å²) in [5, 5.41) is 0. The van der Waals surface area contributed by atoms with Crippen molar-refractivity contribution in [2.45, 2.75) is 31.6 Å². The van der Waals surface area contributed by atoms with Crippen LogP contribution in [0.1, 0.15) is 37.2 Å². The van der Waals surface area contributed by atoms with Gasteiger partial charge in [-0.1, -0.05) is 30.3 Å². The molecule has 1 aromatic carbocycles. The second-order valence-electron chi connectivity index (χ2n) is 6.12. The van der Waals surface area contributed by atoms with E-state index in [1.54, 1.807) is 0 Å². The first-order valence-electron chi connectivity index (χ1n) is 6.93. The molecule has 3 aliphatic rings. The predicted molar refractivity (Wildman–Crippen MR) is 66.6 cm³/mol. The molecule has 0 N–H and O–H groups in total. The van der Waals surface area contributed by atoms with Crippen LogP contribution in [-0.2, 0) is 4.79 Å². The summed E-state index contributed by atoms with van der Waals surface area (Å²) in [5.74, 6) is 3.56. The minimum absolute atomic E-state index is 0.217. The Morgan fingerprint density at radius 2 is 1.71 bits per heavy atom. The number of fused-ring (bicyclic) bond motifs is 5. The number of hydrogen-bond donors (Lipinski definition) is 0. The van der Waals surface area contributed by atoms with Gasteiger partial charge in [0.05, 0.1) is 0 Å². The van der Waals surface area contributed by atoms with Gasteiger partial charge >= 0.3 is 0 Å². The Balaban J connectivity index is 1.67. The molecule has 1 aromatic rings. The summed E-state index contributed by atoms with van der Waals surface area (Å²) in [6.07, 6.45) is 5.19. The minimum Gasteiger partial charge on any atom is -0.299 e. The first kappa shape index (κ1) is 9.87. The van der Waals surface area contributed by atoms with E-state index in [2.05, 4.69) is 24.3 Å². The maximum Gasteiger partial charge on any atom is 0.143 e. The fraction of sp³-hybridized carbons (Fsp3) is 0.562. The zero-order chi connectivity index (χ0) is 11.4. The number of ketones is 1. The normalized spacial score (nSPS) is 43.1. The summed E-state index contributed by atoms with van der Waals surface area (Å²) in [4.78, 5) is 12.6. The van der Waals surface area contributed by atoms with Gasteiger partial charge in [0, 0.05) is 11.8 Å². The van der Waals surface area contributed by atoms with E-state index in [4.69, 9.17) is 0 Å². The monoisotopic (exact) mass is 226 g/mol. The highest BCUT2D eigenvalue weighted by atomic mass is 16.1. The molecule has 2 unspecified atom stereocenters. The van der Waals surface area contributed by atoms with E-state index in [0.29, 0.717) is 11.7 Å². The van der Waals surface area contributed by atoms with Crippen molar-refractivity contribution in [1.29, 1.82) is 0 Å². The lowest BCUT2D eigenvalue weighted by Crippen LogP contribution is -2.22. The molecule has 0 saturated heterocycles. The Labute approximate surface area is 102 Å². The van der Waals surface area contributed by atoms with Crippen molar-refractivity contribution >= 4 is 5.78 Å². The van der Waals surface area contributed by atoms with Gasteiger partial charge in [-0.2, -0.15) is 0 Å². The number of rotatable bonds is 1. The van der Waals surface area contributed by atoms with Crippen LogP contribution in [0.5, 0.6) is 0 Å². The van der Waals surface area contributed by atoms with Crippen LogP contribution in [0.15, 0.2) is 30.3 Å². The van der Waals surface area contributed by atoms with Crippen LogP contribution in [0.3, 0.4) is 0 Å². The molecule has 0 aromatic heterocycles. The van der Waals surface area contributed by atoms with Crippen LogP contribution >= 0.6 is 0 Å². The summed E-state index contributed by atoms with van der Waals surface area (Å²) in [6, 6.07) is 10.4. The highest BCUT2D eigenvalue weighted by Crippen LogP contribution is 2.60. The smallest absolute Gasteiger partial charge is 0.143 e. The van der Waals surface area contributed by atoms with E-state index in [0.717, 1.165) is 24.2 Å². The lowest BCUT2D eigenvalue weighted by atomic mass is 9.81. The van der Waals surface area contributed by atoms with Gasteiger partial charge in [-0.25, -0.2) is 0 Å². The van der Waals surface area contributed by atoms with Crippen LogP contribution in [0, 0.1) is 23.7 Å². The SMILES string of the molecule is O=C1C2C(C[C@@H]1c1ccccc1)[C@@H]1CC[C@H]2C1. The number of Topliss-reactive ketones (excluding diaryl/α,β-unsaturated/α-hetero) is 1. The number of benzene rings is 1. The minimum atomic E-state index is 0.217. The Kier molecular flexibility index (Phi) is 2.00. The molecule has 4 rings (SSSR count). The van der Waals surface area contributed by atoms with E-state index < -0.39 is 0 Å². The molecular weight excluding hydrogens is 208 g/mol. The van der Waals surface area contributed by atoms with Gasteiger partial charge in [-0.05, 0) is 49.0 Å². The van der Waals surface area contributed by atoms with Gasteiger partial charge in [-0.3, -0.25) is 4.79 Å². The fourth-order valence-corrected chi connectivity index (χ4v) is 4.80. The second kappa shape index (κ2) is 3.44. The van der Waals surface area contributed by atoms with Gasteiger partial charge in [-0.15, -0.1) is 0 Å². The molecule has 0 heterocycles. The molecule has 0 spiro atoms. The zero-order valence-corrected chi connectivity index (χ0v) is 10.0.